The number of anilines is 1. The lowest BCUT2D eigenvalue weighted by atomic mass is 10.2. The second-order valence-corrected chi connectivity index (χ2v) is 5.91. The van der Waals surface area contributed by atoms with Gasteiger partial charge < -0.3 is 10.1 Å². The molecule has 4 nitrogen and oxygen atoms in total. The highest BCUT2D eigenvalue weighted by molar-refractivity contribution is 9.10. The first-order valence-corrected chi connectivity index (χ1v) is 7.86. The van der Waals surface area contributed by atoms with Crippen LogP contribution < -0.4 is 10.1 Å². The lowest BCUT2D eigenvalue weighted by Crippen LogP contribution is -2.07. The summed E-state index contributed by atoms with van der Waals surface area (Å²) in [6.45, 7) is 0. The van der Waals surface area contributed by atoms with E-state index in [0.717, 1.165) is 12.3 Å². The molecule has 0 aliphatic heterocycles. The quantitative estimate of drug-likeness (QED) is 0.446. The van der Waals surface area contributed by atoms with E-state index < -0.39 is 40.7 Å². The second kappa shape index (κ2) is 8.23. The molecule has 0 fully saturated rings. The number of allylic oxidation sites excluding steroid dienone is 1. The summed E-state index contributed by atoms with van der Waals surface area (Å²) in [5.74, 6) is -5.82. The normalized spacial score (nSPS) is 10.6. The summed E-state index contributed by atoms with van der Waals surface area (Å²) in [5.41, 5.74) is -2.10. The number of alkyl halides is 3. The molecule has 0 unspecified atom stereocenters. The topological polar surface area (TPSA) is 68.8 Å². The highest BCUT2D eigenvalue weighted by atomic mass is 79.9. The van der Waals surface area contributed by atoms with Gasteiger partial charge in [-0.05, 0) is 34.1 Å². The molecule has 0 aliphatic rings. The van der Waals surface area contributed by atoms with Gasteiger partial charge in [-0.2, -0.15) is 23.7 Å². The predicted molar refractivity (Wildman–Crippen MR) is 88.5 cm³/mol. The molecule has 0 aliphatic carbocycles. The first kappa shape index (κ1) is 21.1. The van der Waals surface area contributed by atoms with Gasteiger partial charge in [0.25, 0.3) is 0 Å². The second-order valence-electron chi connectivity index (χ2n) is 5.06. The molecule has 11 heteroatoms. The van der Waals surface area contributed by atoms with Crippen molar-refractivity contribution in [2.24, 2.45) is 0 Å². The Labute approximate surface area is 162 Å². The van der Waals surface area contributed by atoms with Crippen LogP contribution in [0, 0.1) is 40.1 Å². The highest BCUT2D eigenvalue weighted by Gasteiger charge is 2.33. The molecular formula is C17H6BrF6N3O. The van der Waals surface area contributed by atoms with Crippen molar-refractivity contribution in [3.8, 4) is 23.6 Å². The molecular weight excluding hydrogens is 456 g/mol. The molecule has 0 saturated carbocycles. The van der Waals surface area contributed by atoms with E-state index in [1.807, 2.05) is 0 Å². The molecule has 28 heavy (non-hydrogen) atoms. The Morgan fingerprint density at radius 1 is 1.00 bits per heavy atom. The molecule has 144 valence electrons. The number of nitrogens with one attached hydrogen (secondary N) is 1. The highest BCUT2D eigenvalue weighted by Crippen LogP contribution is 2.38. The Hall–Kier alpha value is -3.18. The monoisotopic (exact) mass is 461 g/mol. The maximum atomic E-state index is 14.1. The molecule has 0 amide bonds. The van der Waals surface area contributed by atoms with Gasteiger partial charge in [0, 0.05) is 12.3 Å². The van der Waals surface area contributed by atoms with Crippen LogP contribution in [0.5, 0.6) is 11.5 Å². The number of hydrogen-bond donors (Lipinski definition) is 1. The van der Waals surface area contributed by atoms with Gasteiger partial charge in [-0.1, -0.05) is 0 Å². The van der Waals surface area contributed by atoms with Crippen molar-refractivity contribution in [3.63, 3.8) is 0 Å². The predicted octanol–water partition coefficient (Wildman–Crippen LogP) is 6.02. The third-order valence-corrected chi connectivity index (χ3v) is 3.79. The van der Waals surface area contributed by atoms with Gasteiger partial charge in [-0.25, -0.2) is 13.2 Å². The molecule has 0 atom stereocenters. The van der Waals surface area contributed by atoms with E-state index in [1.165, 1.54) is 0 Å². The van der Waals surface area contributed by atoms with Gasteiger partial charge in [0.15, 0.2) is 17.4 Å². The lowest BCUT2D eigenvalue weighted by molar-refractivity contribution is -0.138. The van der Waals surface area contributed by atoms with Crippen molar-refractivity contribution >= 4 is 21.6 Å². The van der Waals surface area contributed by atoms with E-state index in [9.17, 15) is 26.3 Å². The van der Waals surface area contributed by atoms with E-state index in [2.05, 4.69) is 21.2 Å². The molecule has 0 saturated heterocycles. The molecule has 0 radical (unpaired) electrons. The van der Waals surface area contributed by atoms with E-state index >= 15 is 0 Å². The van der Waals surface area contributed by atoms with Crippen LogP contribution in [0.3, 0.4) is 0 Å². The molecule has 0 aromatic heterocycles. The SMILES string of the molecule is N#CC(C#N)=CNc1cc(Br)c(Oc2c(F)cc(C(F)(F)F)cc2F)cc1F. The Kier molecular flexibility index (Phi) is 6.21. The van der Waals surface area contributed by atoms with E-state index in [0.29, 0.717) is 6.07 Å². The number of nitriles is 2. The maximum absolute atomic E-state index is 14.1. The van der Waals surface area contributed by atoms with Gasteiger partial charge in [-0.15, -0.1) is 0 Å². The summed E-state index contributed by atoms with van der Waals surface area (Å²) >= 11 is 2.97. The largest absolute Gasteiger partial charge is 0.450 e. The number of halogens is 7. The third-order valence-electron chi connectivity index (χ3n) is 3.17. The van der Waals surface area contributed by atoms with Crippen molar-refractivity contribution in [3.05, 3.63) is 63.5 Å². The van der Waals surface area contributed by atoms with Crippen molar-refractivity contribution in [2.75, 3.05) is 5.32 Å². The van der Waals surface area contributed by atoms with Crippen molar-refractivity contribution in [1.82, 2.24) is 0 Å². The van der Waals surface area contributed by atoms with Crippen LogP contribution >= 0.6 is 15.9 Å². The minimum Gasteiger partial charge on any atom is -0.450 e. The third kappa shape index (κ3) is 4.75. The Balaban J connectivity index is 2.36. The summed E-state index contributed by atoms with van der Waals surface area (Å²) < 4.78 is 84.4. The lowest BCUT2D eigenvalue weighted by Gasteiger charge is -2.13. The van der Waals surface area contributed by atoms with Gasteiger partial charge >= 0.3 is 6.18 Å². The first-order valence-electron chi connectivity index (χ1n) is 7.07. The van der Waals surface area contributed by atoms with E-state index in [1.54, 1.807) is 12.1 Å². The van der Waals surface area contributed by atoms with E-state index in [-0.39, 0.29) is 27.9 Å². The summed E-state index contributed by atoms with van der Waals surface area (Å²) in [7, 11) is 0. The molecule has 2 rings (SSSR count). The molecule has 1 N–H and O–H groups in total. The minimum atomic E-state index is -4.96. The van der Waals surface area contributed by atoms with Crippen molar-refractivity contribution in [2.45, 2.75) is 6.18 Å². The van der Waals surface area contributed by atoms with Crippen LogP contribution in [0.25, 0.3) is 0 Å². The fraction of sp³-hybridized carbons (Fsp3) is 0.0588. The number of ether oxygens (including phenoxy) is 1. The fourth-order valence-electron chi connectivity index (χ4n) is 1.89. The molecule has 0 bridgehead atoms. The van der Waals surface area contributed by atoms with Crippen molar-refractivity contribution in [1.29, 1.82) is 10.5 Å². The molecule has 2 aromatic carbocycles. The van der Waals surface area contributed by atoms with Gasteiger partial charge in [0.2, 0.25) is 0 Å². The average Bonchev–Trinajstić information content (AvgIpc) is 2.61. The average molecular weight is 462 g/mol. The van der Waals surface area contributed by atoms with E-state index in [4.69, 9.17) is 15.3 Å². The number of benzene rings is 2. The smallest absolute Gasteiger partial charge is 0.416 e. The van der Waals surface area contributed by atoms with Crippen LogP contribution in [-0.4, -0.2) is 0 Å². The number of hydrogen-bond acceptors (Lipinski definition) is 4. The van der Waals surface area contributed by atoms with Gasteiger partial charge in [0.05, 0.1) is 15.7 Å². The summed E-state index contributed by atoms with van der Waals surface area (Å²) in [6.07, 6.45) is -4.03. The number of nitrogens with zero attached hydrogens (tertiary/aromatic N) is 2. The molecule has 0 heterocycles. The zero-order valence-corrected chi connectivity index (χ0v) is 14.9. The maximum Gasteiger partial charge on any atom is 0.416 e. The Bertz CT molecular complexity index is 998. The summed E-state index contributed by atoms with van der Waals surface area (Å²) in [5, 5.41) is 19.6. The van der Waals surface area contributed by atoms with Crippen LogP contribution in [0.4, 0.5) is 32.0 Å². The first-order chi connectivity index (χ1) is 13.1. The summed E-state index contributed by atoms with van der Waals surface area (Å²) in [4.78, 5) is 0. The zero-order valence-electron chi connectivity index (χ0n) is 13.3. The zero-order chi connectivity index (χ0) is 21.1. The Morgan fingerprint density at radius 2 is 1.57 bits per heavy atom. The van der Waals surface area contributed by atoms with Crippen LogP contribution in [0.15, 0.2) is 40.5 Å². The summed E-state index contributed by atoms with van der Waals surface area (Å²) in [6, 6.07) is 4.97. The fourth-order valence-corrected chi connectivity index (χ4v) is 2.31. The number of rotatable bonds is 4. The standard InChI is InChI=1S/C17H6BrF6N3O/c18-10-3-14(27-7-8(5-25)6-26)11(19)4-15(10)28-16-12(20)1-9(2-13(16)21)17(22,23)24/h1-4,7,27H. The van der Waals surface area contributed by atoms with Crippen LogP contribution in [-0.2, 0) is 6.18 Å². The molecule has 0 spiro atoms. The van der Waals surface area contributed by atoms with Gasteiger partial charge in [-0.3, -0.25) is 0 Å². The van der Waals surface area contributed by atoms with Crippen LogP contribution in [0.2, 0.25) is 0 Å². The van der Waals surface area contributed by atoms with Crippen LogP contribution in [0.1, 0.15) is 5.56 Å². The Morgan fingerprint density at radius 3 is 2.07 bits per heavy atom. The van der Waals surface area contributed by atoms with Gasteiger partial charge in [0.1, 0.15) is 29.3 Å². The van der Waals surface area contributed by atoms with Crippen molar-refractivity contribution < 1.29 is 31.1 Å². The minimum absolute atomic E-state index is 0.0148. The molecule has 2 aromatic rings.